The van der Waals surface area contributed by atoms with Crippen LogP contribution in [0.1, 0.15) is 37.0 Å². The van der Waals surface area contributed by atoms with Crippen LogP contribution in [0.25, 0.3) is 0 Å². The van der Waals surface area contributed by atoms with Gasteiger partial charge in [-0.2, -0.15) is 4.31 Å². The first-order valence-corrected chi connectivity index (χ1v) is 11.8. The summed E-state index contributed by atoms with van der Waals surface area (Å²) in [5.74, 6) is -0.945. The van der Waals surface area contributed by atoms with E-state index in [0.717, 1.165) is 0 Å². The van der Waals surface area contributed by atoms with Crippen molar-refractivity contribution in [1.29, 1.82) is 0 Å². The second kappa shape index (κ2) is 9.76. The molecule has 31 heavy (non-hydrogen) atoms. The van der Waals surface area contributed by atoms with Gasteiger partial charge in [0.15, 0.2) is 0 Å². The maximum Gasteiger partial charge on any atom is 0.253 e. The van der Waals surface area contributed by atoms with Gasteiger partial charge in [-0.25, -0.2) is 8.42 Å². The number of nitrogens with one attached hydrogen (secondary N) is 2. The Hall–Kier alpha value is -2.49. The summed E-state index contributed by atoms with van der Waals surface area (Å²) in [6.45, 7) is 4.15. The van der Waals surface area contributed by atoms with Gasteiger partial charge in [0, 0.05) is 42.5 Å². The van der Waals surface area contributed by atoms with E-state index in [2.05, 4.69) is 15.6 Å². The summed E-state index contributed by atoms with van der Waals surface area (Å²) in [6.07, 6.45) is 3.58. The lowest BCUT2D eigenvalue weighted by Gasteiger charge is -2.30. The largest absolute Gasteiger partial charge is 0.350 e. The van der Waals surface area contributed by atoms with E-state index in [0.29, 0.717) is 29.1 Å². The number of rotatable bonds is 6. The van der Waals surface area contributed by atoms with E-state index in [-0.39, 0.29) is 41.8 Å². The summed E-state index contributed by atoms with van der Waals surface area (Å²) < 4.78 is 26.8. The third kappa shape index (κ3) is 5.61. The normalized spacial score (nSPS) is 15.6. The van der Waals surface area contributed by atoms with Crippen LogP contribution in [0.3, 0.4) is 0 Å². The lowest BCUT2D eigenvalue weighted by molar-refractivity contribution is -0.120. The monoisotopic (exact) mass is 464 g/mol. The highest BCUT2D eigenvalue weighted by Gasteiger charge is 2.32. The van der Waals surface area contributed by atoms with Crippen molar-refractivity contribution in [3.05, 3.63) is 53.3 Å². The van der Waals surface area contributed by atoms with E-state index >= 15 is 0 Å². The number of pyridine rings is 1. The standard InChI is InChI=1S/C21H25ClN4O4S/c1-14(2)24-21(28)18-6-5-16(22)12-19(18)25-20(27)15-7-10-26(11-8-15)31(29,30)17-4-3-9-23-13-17/h3-6,9,12-15H,7-8,10-11H2,1-2H3,(H,24,28)(H,25,27). The lowest BCUT2D eigenvalue weighted by atomic mass is 9.97. The highest BCUT2D eigenvalue weighted by Crippen LogP contribution is 2.26. The Morgan fingerprint density at radius 1 is 1.19 bits per heavy atom. The third-order valence-electron chi connectivity index (χ3n) is 5.00. The molecular formula is C21H25ClN4O4S. The van der Waals surface area contributed by atoms with Gasteiger partial charge in [-0.1, -0.05) is 11.6 Å². The molecule has 0 bridgehead atoms. The first-order valence-electron chi connectivity index (χ1n) is 10.00. The fourth-order valence-corrected chi connectivity index (χ4v) is 5.01. The Kier molecular flexibility index (Phi) is 7.30. The van der Waals surface area contributed by atoms with Crippen LogP contribution in [0, 0.1) is 5.92 Å². The number of anilines is 1. The SMILES string of the molecule is CC(C)NC(=O)c1ccc(Cl)cc1NC(=O)C1CCN(S(=O)(=O)c2cccnc2)CC1. The van der Waals surface area contributed by atoms with Crippen molar-refractivity contribution in [2.75, 3.05) is 18.4 Å². The molecule has 3 rings (SSSR count). The quantitative estimate of drug-likeness (QED) is 0.683. The highest BCUT2D eigenvalue weighted by molar-refractivity contribution is 7.89. The van der Waals surface area contributed by atoms with E-state index in [1.807, 2.05) is 13.8 Å². The molecule has 1 aromatic heterocycles. The first-order chi connectivity index (χ1) is 14.7. The van der Waals surface area contributed by atoms with E-state index in [4.69, 9.17) is 11.6 Å². The molecular weight excluding hydrogens is 440 g/mol. The zero-order valence-electron chi connectivity index (χ0n) is 17.3. The number of hydrogen-bond donors (Lipinski definition) is 2. The van der Waals surface area contributed by atoms with E-state index in [9.17, 15) is 18.0 Å². The van der Waals surface area contributed by atoms with Crippen molar-refractivity contribution in [3.8, 4) is 0 Å². The molecule has 0 spiro atoms. The fraction of sp³-hybridized carbons (Fsp3) is 0.381. The van der Waals surface area contributed by atoms with Crippen LogP contribution in [0.15, 0.2) is 47.6 Å². The number of benzene rings is 1. The first kappa shape index (κ1) is 23.2. The van der Waals surface area contributed by atoms with Crippen molar-refractivity contribution in [3.63, 3.8) is 0 Å². The molecule has 2 N–H and O–H groups in total. The Bertz CT molecular complexity index is 1050. The highest BCUT2D eigenvalue weighted by atomic mass is 35.5. The number of carbonyl (C=O) groups is 2. The second-order valence-electron chi connectivity index (χ2n) is 7.67. The molecule has 0 saturated carbocycles. The number of hydrogen-bond acceptors (Lipinski definition) is 5. The minimum Gasteiger partial charge on any atom is -0.350 e. The van der Waals surface area contributed by atoms with Gasteiger partial charge in [0.25, 0.3) is 5.91 Å². The molecule has 0 atom stereocenters. The van der Waals surface area contributed by atoms with Crippen LogP contribution in [0.5, 0.6) is 0 Å². The molecule has 10 heteroatoms. The van der Waals surface area contributed by atoms with Crippen LogP contribution in [0.2, 0.25) is 5.02 Å². The minimum atomic E-state index is -3.64. The van der Waals surface area contributed by atoms with Crippen LogP contribution >= 0.6 is 11.6 Å². The van der Waals surface area contributed by atoms with Crippen molar-refractivity contribution >= 4 is 39.1 Å². The fourth-order valence-electron chi connectivity index (χ4n) is 3.40. The molecule has 1 aromatic carbocycles. The molecule has 0 unspecified atom stereocenters. The number of carbonyl (C=O) groups excluding carboxylic acids is 2. The molecule has 1 aliphatic rings. The molecule has 166 valence electrons. The Labute approximate surface area is 187 Å². The summed E-state index contributed by atoms with van der Waals surface area (Å²) in [4.78, 5) is 29.3. The van der Waals surface area contributed by atoms with E-state index in [1.54, 1.807) is 18.2 Å². The zero-order valence-corrected chi connectivity index (χ0v) is 18.9. The van der Waals surface area contributed by atoms with Crippen molar-refractivity contribution < 1.29 is 18.0 Å². The number of nitrogens with zero attached hydrogens (tertiary/aromatic N) is 2. The van der Waals surface area contributed by atoms with Crippen molar-refractivity contribution in [1.82, 2.24) is 14.6 Å². The number of amides is 2. The molecule has 2 amide bonds. The van der Waals surface area contributed by atoms with Crippen LogP contribution in [0.4, 0.5) is 5.69 Å². The zero-order chi connectivity index (χ0) is 22.6. The van der Waals surface area contributed by atoms with Crippen LogP contribution in [-0.2, 0) is 14.8 Å². The molecule has 0 aliphatic carbocycles. The van der Waals surface area contributed by atoms with E-state index < -0.39 is 10.0 Å². The second-order valence-corrected chi connectivity index (χ2v) is 10.0. The van der Waals surface area contributed by atoms with Crippen molar-refractivity contribution in [2.24, 2.45) is 5.92 Å². The number of sulfonamides is 1. The van der Waals surface area contributed by atoms with Crippen molar-refractivity contribution in [2.45, 2.75) is 37.6 Å². The summed E-state index contributed by atoms with van der Waals surface area (Å²) in [6, 6.07) is 7.72. The maximum absolute atomic E-state index is 12.8. The third-order valence-corrected chi connectivity index (χ3v) is 7.12. The van der Waals surface area contributed by atoms with Crippen LogP contribution in [-0.4, -0.2) is 48.7 Å². The molecule has 1 fully saturated rings. The maximum atomic E-state index is 12.8. The predicted octanol–water partition coefficient (Wildman–Crippen LogP) is 2.91. The van der Waals surface area contributed by atoms with Crippen LogP contribution < -0.4 is 10.6 Å². The van der Waals surface area contributed by atoms with Gasteiger partial charge in [0.1, 0.15) is 4.90 Å². The number of aromatic nitrogens is 1. The topological polar surface area (TPSA) is 108 Å². The average molecular weight is 465 g/mol. The Morgan fingerprint density at radius 2 is 1.90 bits per heavy atom. The summed E-state index contributed by atoms with van der Waals surface area (Å²) >= 11 is 6.06. The molecule has 2 aromatic rings. The van der Waals surface area contributed by atoms with Gasteiger partial charge in [0.2, 0.25) is 15.9 Å². The smallest absolute Gasteiger partial charge is 0.253 e. The average Bonchev–Trinajstić information content (AvgIpc) is 2.74. The van der Waals surface area contributed by atoms with Gasteiger partial charge < -0.3 is 10.6 Å². The number of halogens is 1. The van der Waals surface area contributed by atoms with E-state index in [1.165, 1.54) is 28.8 Å². The molecule has 1 saturated heterocycles. The lowest BCUT2D eigenvalue weighted by Crippen LogP contribution is -2.41. The Morgan fingerprint density at radius 3 is 2.52 bits per heavy atom. The van der Waals surface area contributed by atoms with Gasteiger partial charge in [-0.15, -0.1) is 0 Å². The Balaban J connectivity index is 1.67. The predicted molar refractivity (Wildman–Crippen MR) is 118 cm³/mol. The number of piperidine rings is 1. The summed E-state index contributed by atoms with van der Waals surface area (Å²) in [7, 11) is -3.64. The molecule has 8 nitrogen and oxygen atoms in total. The summed E-state index contributed by atoms with van der Waals surface area (Å²) in [5, 5.41) is 5.99. The molecule has 2 heterocycles. The molecule has 1 aliphatic heterocycles. The molecule has 0 radical (unpaired) electrons. The minimum absolute atomic E-state index is 0.0576. The van der Waals surface area contributed by atoms with Gasteiger partial charge >= 0.3 is 0 Å². The summed E-state index contributed by atoms with van der Waals surface area (Å²) in [5.41, 5.74) is 0.657. The van der Waals surface area contributed by atoms with Gasteiger partial charge in [0.05, 0.1) is 11.3 Å². The van der Waals surface area contributed by atoms with Gasteiger partial charge in [-0.05, 0) is 57.0 Å². The van der Waals surface area contributed by atoms with Gasteiger partial charge in [-0.3, -0.25) is 14.6 Å².